The lowest BCUT2D eigenvalue weighted by molar-refractivity contribution is -0.137. The Kier molecular flexibility index (Phi) is 4.75. The van der Waals surface area contributed by atoms with E-state index in [1.165, 1.54) is 19.2 Å². The fourth-order valence-electron chi connectivity index (χ4n) is 3.08. The van der Waals surface area contributed by atoms with E-state index in [9.17, 15) is 19.2 Å². The van der Waals surface area contributed by atoms with Gasteiger partial charge in [-0.15, -0.1) is 0 Å². The van der Waals surface area contributed by atoms with Crippen molar-refractivity contribution in [1.82, 2.24) is 14.1 Å². The highest BCUT2D eigenvalue weighted by Gasteiger charge is 2.15. The number of carboxylic acids is 1. The summed E-state index contributed by atoms with van der Waals surface area (Å²) in [5.41, 5.74) is 0.632. The number of fused-ring (bicyclic) bond motifs is 2. The third-order valence-corrected chi connectivity index (χ3v) is 4.45. The number of rotatable bonds is 6. The van der Waals surface area contributed by atoms with Crippen LogP contribution in [0.25, 0.3) is 22.3 Å². The van der Waals surface area contributed by atoms with Crippen molar-refractivity contribution in [3.8, 4) is 11.3 Å². The molecule has 2 N–H and O–H groups in total. The molecule has 3 rings (SSSR count). The van der Waals surface area contributed by atoms with Gasteiger partial charge in [0.2, 0.25) is 0 Å². The first-order valence-electron chi connectivity index (χ1n) is 8.37. The Hall–Kier alpha value is -3.16. The zero-order chi connectivity index (χ0) is 18.8. The number of H-pyrrole nitrogens is 1. The van der Waals surface area contributed by atoms with Crippen molar-refractivity contribution in [2.75, 3.05) is 0 Å². The summed E-state index contributed by atoms with van der Waals surface area (Å²) < 4.78 is 2.77. The van der Waals surface area contributed by atoms with E-state index >= 15 is 0 Å². The first-order chi connectivity index (χ1) is 12.4. The van der Waals surface area contributed by atoms with E-state index in [0.29, 0.717) is 42.5 Å². The van der Waals surface area contributed by atoms with Gasteiger partial charge in [0.1, 0.15) is 5.65 Å². The molecule has 2 aliphatic rings. The summed E-state index contributed by atoms with van der Waals surface area (Å²) in [7, 11) is 1.40. The van der Waals surface area contributed by atoms with Gasteiger partial charge in [-0.3, -0.25) is 23.9 Å². The second-order valence-electron chi connectivity index (χ2n) is 6.28. The van der Waals surface area contributed by atoms with E-state index in [1.807, 2.05) is 0 Å². The van der Waals surface area contributed by atoms with E-state index in [2.05, 4.69) is 4.98 Å². The maximum Gasteiger partial charge on any atom is 0.329 e. The Morgan fingerprint density at radius 2 is 1.88 bits per heavy atom. The summed E-state index contributed by atoms with van der Waals surface area (Å²) in [6.45, 7) is 0.458. The normalized spacial score (nSPS) is 11.3. The quantitative estimate of drug-likeness (QED) is 0.507. The number of nitrogens with one attached hydrogen (secondary N) is 1. The smallest absolute Gasteiger partial charge is 0.329 e. The summed E-state index contributed by atoms with van der Waals surface area (Å²) in [5.74, 6) is -0.836. The molecule has 1 aromatic rings. The lowest BCUT2D eigenvalue weighted by atomic mass is 10.1. The number of nitrogens with zero attached hydrogens (tertiary/aromatic N) is 2. The molecule has 1 aliphatic heterocycles. The van der Waals surface area contributed by atoms with E-state index < -0.39 is 17.2 Å². The summed E-state index contributed by atoms with van der Waals surface area (Å²) in [6.07, 6.45) is 1.99. The Morgan fingerprint density at radius 3 is 2.62 bits per heavy atom. The Bertz CT molecular complexity index is 1120. The van der Waals surface area contributed by atoms with Gasteiger partial charge in [-0.2, -0.15) is 0 Å². The van der Waals surface area contributed by atoms with Gasteiger partial charge in [-0.05, 0) is 36.6 Å². The topological polar surface area (TPSA) is 114 Å². The second-order valence-corrected chi connectivity index (χ2v) is 6.28. The Morgan fingerprint density at radius 1 is 1.12 bits per heavy atom. The highest BCUT2D eigenvalue weighted by molar-refractivity contribution is 5.83. The number of aryl methyl sites for hydroxylation is 1. The van der Waals surface area contributed by atoms with Crippen LogP contribution < -0.4 is 16.7 Å². The molecule has 26 heavy (non-hydrogen) atoms. The van der Waals surface area contributed by atoms with Crippen LogP contribution in [0.4, 0.5) is 0 Å². The number of pyridine rings is 1. The third kappa shape index (κ3) is 3.30. The molecule has 1 aliphatic carbocycles. The van der Waals surface area contributed by atoms with E-state index in [4.69, 9.17) is 5.11 Å². The highest BCUT2D eigenvalue weighted by Crippen LogP contribution is 2.25. The SMILES string of the molecule is Cn1c(=O)[nH]c2c(cc3ccc(=O)cc-3n2CCCCCC(=O)O)c1=O. The summed E-state index contributed by atoms with van der Waals surface area (Å²) >= 11 is 0. The number of aromatic nitrogens is 3. The van der Waals surface area contributed by atoms with Gasteiger partial charge in [0.15, 0.2) is 5.43 Å². The number of hydrogen-bond acceptors (Lipinski definition) is 4. The molecule has 1 aromatic heterocycles. The van der Waals surface area contributed by atoms with E-state index in [-0.39, 0.29) is 11.8 Å². The molecule has 0 fully saturated rings. The van der Waals surface area contributed by atoms with Crippen molar-refractivity contribution in [2.45, 2.75) is 32.2 Å². The minimum absolute atomic E-state index is 0.100. The molecule has 0 unspecified atom stereocenters. The molecule has 0 atom stereocenters. The molecule has 0 aromatic carbocycles. The van der Waals surface area contributed by atoms with Gasteiger partial charge in [0, 0.05) is 26.1 Å². The fourth-order valence-corrected chi connectivity index (χ4v) is 3.08. The maximum atomic E-state index is 12.5. The van der Waals surface area contributed by atoms with Gasteiger partial charge >= 0.3 is 11.7 Å². The molecule has 0 amide bonds. The number of aromatic amines is 1. The average molecular weight is 357 g/mol. The monoisotopic (exact) mass is 357 g/mol. The zero-order valence-electron chi connectivity index (χ0n) is 14.3. The molecule has 8 nitrogen and oxygen atoms in total. The van der Waals surface area contributed by atoms with Crippen molar-refractivity contribution in [2.24, 2.45) is 7.05 Å². The molecule has 2 heterocycles. The maximum absolute atomic E-state index is 12.5. The van der Waals surface area contributed by atoms with Gasteiger partial charge in [-0.1, -0.05) is 6.42 Å². The minimum Gasteiger partial charge on any atom is -0.481 e. The van der Waals surface area contributed by atoms with Crippen molar-refractivity contribution < 1.29 is 9.90 Å². The fraction of sp³-hybridized carbons (Fsp3) is 0.333. The van der Waals surface area contributed by atoms with Gasteiger partial charge < -0.3 is 9.67 Å². The van der Waals surface area contributed by atoms with Crippen LogP contribution in [-0.4, -0.2) is 25.2 Å². The van der Waals surface area contributed by atoms with Crippen LogP contribution in [0.5, 0.6) is 0 Å². The average Bonchev–Trinajstić information content (AvgIpc) is 2.59. The number of carbonyl (C=O) groups is 1. The van der Waals surface area contributed by atoms with Crippen LogP contribution in [0.2, 0.25) is 0 Å². The molecule has 8 heteroatoms. The lowest BCUT2D eigenvalue weighted by Gasteiger charge is -2.18. The van der Waals surface area contributed by atoms with E-state index in [1.54, 1.807) is 16.7 Å². The number of benzene rings is 1. The molecular formula is C18H19N3O5. The van der Waals surface area contributed by atoms with Crippen molar-refractivity contribution in [1.29, 1.82) is 0 Å². The van der Waals surface area contributed by atoms with Crippen molar-refractivity contribution in [3.63, 3.8) is 0 Å². The van der Waals surface area contributed by atoms with Crippen molar-refractivity contribution in [3.05, 3.63) is 55.3 Å². The summed E-state index contributed by atoms with van der Waals surface area (Å²) in [4.78, 5) is 49.6. The summed E-state index contributed by atoms with van der Waals surface area (Å²) in [5, 5.41) is 9.08. The van der Waals surface area contributed by atoms with Crippen molar-refractivity contribution >= 4 is 17.0 Å². The number of unbranched alkanes of at least 4 members (excludes halogenated alkanes) is 2. The molecule has 0 bridgehead atoms. The van der Waals surface area contributed by atoms with Crippen LogP contribution in [0.1, 0.15) is 25.7 Å². The minimum atomic E-state index is -0.836. The van der Waals surface area contributed by atoms with Gasteiger partial charge in [0.25, 0.3) is 5.56 Å². The lowest BCUT2D eigenvalue weighted by Crippen LogP contribution is -2.33. The molecule has 0 radical (unpaired) electrons. The molecule has 0 spiro atoms. The second kappa shape index (κ2) is 6.99. The predicted molar refractivity (Wildman–Crippen MR) is 96.8 cm³/mol. The van der Waals surface area contributed by atoms with Crippen LogP contribution in [0.3, 0.4) is 0 Å². The largest absolute Gasteiger partial charge is 0.481 e. The van der Waals surface area contributed by atoms with Crippen LogP contribution >= 0.6 is 0 Å². The molecule has 0 saturated carbocycles. The molecular weight excluding hydrogens is 338 g/mol. The Balaban J connectivity index is 2.12. The number of hydrogen-bond donors (Lipinski definition) is 2. The van der Waals surface area contributed by atoms with E-state index in [0.717, 1.165) is 10.1 Å². The van der Waals surface area contributed by atoms with Crippen LogP contribution in [-0.2, 0) is 18.4 Å². The molecule has 0 saturated heterocycles. The zero-order valence-corrected chi connectivity index (χ0v) is 14.3. The standard InChI is InChI=1S/C18H19N3O5/c1-20-17(25)13-9-11-6-7-12(22)10-14(11)21(16(13)19-18(20)26)8-4-2-3-5-15(23)24/h6-7,9-10H,2-5,8H2,1H3,(H,19,26)(H,23,24). The van der Waals surface area contributed by atoms with Gasteiger partial charge in [-0.25, -0.2) is 4.79 Å². The first-order valence-corrected chi connectivity index (χ1v) is 8.37. The Labute approximate surface area is 147 Å². The first kappa shape index (κ1) is 17.7. The summed E-state index contributed by atoms with van der Waals surface area (Å²) in [6, 6.07) is 6.23. The molecule has 136 valence electrons. The highest BCUT2D eigenvalue weighted by atomic mass is 16.4. The van der Waals surface area contributed by atoms with Crippen LogP contribution in [0.15, 0.2) is 38.6 Å². The number of carboxylic acid groups (broad SMARTS) is 1. The predicted octanol–water partition coefficient (Wildman–Crippen LogP) is 1.14. The van der Waals surface area contributed by atoms with Crippen LogP contribution in [0, 0.1) is 0 Å². The number of aliphatic carboxylic acids is 1. The van der Waals surface area contributed by atoms with Gasteiger partial charge in [0.05, 0.1) is 11.1 Å². The third-order valence-electron chi connectivity index (χ3n) is 4.45.